The van der Waals surface area contributed by atoms with Crippen molar-refractivity contribution in [3.63, 3.8) is 0 Å². The average molecular weight is 531 g/mol. The van der Waals surface area contributed by atoms with E-state index in [9.17, 15) is 29.8 Å². The van der Waals surface area contributed by atoms with E-state index < -0.39 is 39.3 Å². The van der Waals surface area contributed by atoms with E-state index in [4.69, 9.17) is 21.8 Å². The number of amides is 2. The molecule has 2 saturated heterocycles. The molecule has 0 spiro atoms. The zero-order valence-electron chi connectivity index (χ0n) is 19.4. The maximum atomic E-state index is 12.6. The Morgan fingerprint density at radius 2 is 1.89 bits per heavy atom. The van der Waals surface area contributed by atoms with Gasteiger partial charge in [-0.15, -0.1) is 0 Å². The summed E-state index contributed by atoms with van der Waals surface area (Å²) in [5.74, 6) is 4.72. The lowest BCUT2D eigenvalue weighted by atomic mass is 10.00. The molecule has 15 nitrogen and oxygen atoms in total. The first kappa shape index (κ1) is 29.2. The van der Waals surface area contributed by atoms with Crippen LogP contribution >= 0.6 is 11.8 Å². The molecular formula is C20H30N6O9S. The van der Waals surface area contributed by atoms with Crippen molar-refractivity contribution in [1.82, 2.24) is 5.32 Å². The van der Waals surface area contributed by atoms with Crippen LogP contribution < -0.4 is 21.8 Å². The van der Waals surface area contributed by atoms with Crippen LogP contribution in [0.5, 0.6) is 0 Å². The number of nitro groups is 2. The van der Waals surface area contributed by atoms with Crippen LogP contribution in [-0.2, 0) is 9.63 Å². The van der Waals surface area contributed by atoms with Crippen molar-refractivity contribution >= 4 is 40.8 Å². The Labute approximate surface area is 210 Å². The number of rotatable bonds is 11. The summed E-state index contributed by atoms with van der Waals surface area (Å²) in [5, 5.41) is 41.4. The molecule has 16 heteroatoms. The van der Waals surface area contributed by atoms with Gasteiger partial charge in [-0.25, -0.2) is 9.59 Å². The summed E-state index contributed by atoms with van der Waals surface area (Å²) in [6.07, 6.45) is 2.93. The lowest BCUT2D eigenvalue weighted by Crippen LogP contribution is -2.41. The van der Waals surface area contributed by atoms with Gasteiger partial charge in [0.2, 0.25) is 0 Å². The van der Waals surface area contributed by atoms with Gasteiger partial charge in [-0.1, -0.05) is 6.42 Å². The van der Waals surface area contributed by atoms with E-state index in [0.29, 0.717) is 25.0 Å². The van der Waals surface area contributed by atoms with Crippen LogP contribution in [0.4, 0.5) is 21.9 Å². The minimum absolute atomic E-state index is 0.00603. The molecule has 2 fully saturated rings. The second-order valence-corrected chi connectivity index (χ2v) is 9.38. The number of hydrogen-bond donors (Lipinski definition) is 5. The minimum Gasteiger partial charge on any atom is -0.396 e. The van der Waals surface area contributed by atoms with Crippen LogP contribution in [0.1, 0.15) is 32.1 Å². The number of unbranched alkanes of at least 4 members (excludes halogenated alkanes) is 1. The third kappa shape index (κ3) is 7.23. The summed E-state index contributed by atoms with van der Waals surface area (Å²) in [7, 11) is 0. The van der Waals surface area contributed by atoms with Crippen LogP contribution in [-0.4, -0.2) is 74.4 Å². The van der Waals surface area contributed by atoms with Gasteiger partial charge in [0, 0.05) is 30.3 Å². The van der Waals surface area contributed by atoms with Gasteiger partial charge in [-0.05, 0) is 31.7 Å². The van der Waals surface area contributed by atoms with E-state index in [1.54, 1.807) is 11.8 Å². The number of hydrogen-bond acceptors (Lipinski definition) is 12. The number of nitrogens with one attached hydrogen (secondary N) is 1. The molecule has 2 aliphatic heterocycles. The minimum atomic E-state index is -0.854. The van der Waals surface area contributed by atoms with Gasteiger partial charge in [0.05, 0.1) is 28.0 Å². The number of fused-ring (bicyclic) bond motifs is 1. The summed E-state index contributed by atoms with van der Waals surface area (Å²) in [6, 6.07) is 1.28. The quantitative estimate of drug-likeness (QED) is 0.114. The Kier molecular flexibility index (Phi) is 11.3. The Bertz CT molecular complexity index is 948. The van der Waals surface area contributed by atoms with Crippen molar-refractivity contribution in [3.05, 3.63) is 38.4 Å². The maximum Gasteiger partial charge on any atom is 0.341 e. The third-order valence-corrected chi connectivity index (χ3v) is 7.22. The Morgan fingerprint density at radius 1 is 1.22 bits per heavy atom. The third-order valence-electron chi connectivity index (χ3n) is 5.72. The van der Waals surface area contributed by atoms with Gasteiger partial charge in [-0.2, -0.15) is 17.7 Å². The zero-order chi connectivity index (χ0) is 26.8. The number of carbonyl (C=O) groups is 2. The van der Waals surface area contributed by atoms with Gasteiger partial charge in [-0.3, -0.25) is 25.1 Å². The number of aliphatic hydroxyl groups excluding tert-OH is 2. The van der Waals surface area contributed by atoms with Crippen LogP contribution in [0.2, 0.25) is 0 Å². The molecule has 1 unspecified atom stereocenters. The molecule has 0 bridgehead atoms. The smallest absolute Gasteiger partial charge is 0.341 e. The number of nitro benzene ring substituents is 2. The molecule has 200 valence electrons. The molecule has 1 aromatic carbocycles. The highest BCUT2D eigenvalue weighted by atomic mass is 32.2. The van der Waals surface area contributed by atoms with Crippen LogP contribution in [0.25, 0.3) is 0 Å². The molecule has 2 aliphatic rings. The first-order chi connectivity index (χ1) is 17.2. The van der Waals surface area contributed by atoms with Gasteiger partial charge in [0.1, 0.15) is 11.7 Å². The molecule has 2 heterocycles. The van der Waals surface area contributed by atoms with Crippen molar-refractivity contribution in [3.8, 4) is 0 Å². The number of anilines is 1. The fourth-order valence-corrected chi connectivity index (χ4v) is 5.56. The van der Waals surface area contributed by atoms with E-state index >= 15 is 0 Å². The van der Waals surface area contributed by atoms with Crippen molar-refractivity contribution in [1.29, 1.82) is 0 Å². The highest BCUT2D eigenvalue weighted by molar-refractivity contribution is 8.00. The monoisotopic (exact) mass is 530 g/mol. The Morgan fingerprint density at radius 3 is 2.44 bits per heavy atom. The summed E-state index contributed by atoms with van der Waals surface area (Å²) in [4.78, 5) is 50.4. The standard InChI is InChI=1S/C16H20N6O7S.C4H10O2/c17-9(15(23)29-18)2-1-3-13-14-10(7-30-13)19-16(24)20(14)11-5-4-8(21(25)26)6-12(11)22(27)28;5-3-1-2-4-6/h4-6,9-10,13-14H,1-3,7,17-18H2,(H,19,24);5-6H,1-4H2/t9?,10-,13-,14-;/m0./s1. The molecule has 2 amide bonds. The molecular weight excluding hydrogens is 500 g/mol. The first-order valence-corrected chi connectivity index (χ1v) is 12.2. The summed E-state index contributed by atoms with van der Waals surface area (Å²) < 4.78 is 0. The van der Waals surface area contributed by atoms with E-state index in [0.717, 1.165) is 25.0 Å². The first-order valence-electron chi connectivity index (χ1n) is 11.2. The Balaban J connectivity index is 0.000000678. The normalized spacial score (nSPS) is 21.2. The summed E-state index contributed by atoms with van der Waals surface area (Å²) in [5.41, 5.74) is 4.75. The van der Waals surface area contributed by atoms with Gasteiger partial charge < -0.3 is 26.1 Å². The molecule has 1 aromatic rings. The van der Waals surface area contributed by atoms with Crippen LogP contribution in [0.15, 0.2) is 18.2 Å². The maximum absolute atomic E-state index is 12.6. The van der Waals surface area contributed by atoms with E-state index in [2.05, 4.69) is 10.2 Å². The molecule has 0 saturated carbocycles. The van der Waals surface area contributed by atoms with Crippen molar-refractivity contribution < 1.29 is 34.5 Å². The van der Waals surface area contributed by atoms with E-state index in [1.165, 1.54) is 11.0 Å². The second kappa shape index (κ2) is 13.9. The zero-order valence-corrected chi connectivity index (χ0v) is 20.2. The topological polar surface area (TPSA) is 237 Å². The number of thioether (sulfide) groups is 1. The number of carbonyl (C=O) groups excluding carboxylic acids is 2. The number of nitrogens with two attached hydrogens (primary N) is 2. The van der Waals surface area contributed by atoms with Crippen molar-refractivity contribution in [2.75, 3.05) is 23.9 Å². The SMILES string of the molecule is NOC(=O)C(N)CCC[C@@H]1SC[C@@H]2NC(=O)N(c3ccc([N+](=O)[O-])cc3[N+](=O)[O-])[C@@H]21.OCCCCO. The van der Waals surface area contributed by atoms with E-state index in [1.807, 2.05) is 0 Å². The molecule has 4 atom stereocenters. The molecule has 0 aliphatic carbocycles. The fraction of sp³-hybridized carbons (Fsp3) is 0.600. The second-order valence-electron chi connectivity index (χ2n) is 8.10. The highest BCUT2D eigenvalue weighted by Gasteiger charge is 2.50. The Hall–Kier alpha value is -3.05. The van der Waals surface area contributed by atoms with Gasteiger partial charge >= 0.3 is 12.0 Å². The molecule has 0 radical (unpaired) electrons. The largest absolute Gasteiger partial charge is 0.396 e. The molecule has 36 heavy (non-hydrogen) atoms. The number of urea groups is 1. The fourth-order valence-electron chi connectivity index (χ4n) is 3.99. The highest BCUT2D eigenvalue weighted by Crippen LogP contribution is 2.43. The number of nitrogens with zero attached hydrogens (tertiary/aromatic N) is 3. The van der Waals surface area contributed by atoms with Crippen molar-refractivity contribution in [2.24, 2.45) is 11.6 Å². The molecule has 3 rings (SSSR count). The lowest BCUT2D eigenvalue weighted by Gasteiger charge is -2.27. The average Bonchev–Trinajstić information content (AvgIpc) is 3.39. The predicted octanol–water partition coefficient (Wildman–Crippen LogP) is 0.551. The lowest BCUT2D eigenvalue weighted by molar-refractivity contribution is -0.393. The number of non-ortho nitro benzene ring substituents is 1. The van der Waals surface area contributed by atoms with Crippen LogP contribution in [0, 0.1) is 20.2 Å². The predicted molar refractivity (Wildman–Crippen MR) is 130 cm³/mol. The number of benzene rings is 1. The van der Waals surface area contributed by atoms with Gasteiger partial charge in [0.15, 0.2) is 0 Å². The van der Waals surface area contributed by atoms with Gasteiger partial charge in [0.25, 0.3) is 11.4 Å². The number of aliphatic hydroxyl groups is 2. The summed E-state index contributed by atoms with van der Waals surface area (Å²) >= 11 is 1.61. The molecule has 0 aromatic heterocycles. The van der Waals surface area contributed by atoms with Crippen molar-refractivity contribution in [2.45, 2.75) is 55.5 Å². The van der Waals surface area contributed by atoms with Crippen LogP contribution in [0.3, 0.4) is 0 Å². The summed E-state index contributed by atoms with van der Waals surface area (Å²) in [6.45, 7) is 0.390. The van der Waals surface area contributed by atoms with E-state index in [-0.39, 0.29) is 36.2 Å². The molecule has 7 N–H and O–H groups in total.